The van der Waals surface area contributed by atoms with Crippen molar-refractivity contribution in [3.63, 3.8) is 0 Å². The van der Waals surface area contributed by atoms with Gasteiger partial charge >= 0.3 is 6.09 Å². The maximum Gasteiger partial charge on any atom is 0.407 e. The molecule has 1 rings (SSSR count). The van der Waals surface area contributed by atoms with Gasteiger partial charge in [0.2, 0.25) is 0 Å². The summed E-state index contributed by atoms with van der Waals surface area (Å²) in [5.74, 6) is 0.385. The van der Waals surface area contributed by atoms with Crippen molar-refractivity contribution in [3.05, 3.63) is 0 Å². The van der Waals surface area contributed by atoms with Gasteiger partial charge in [0.05, 0.1) is 6.61 Å². The molecule has 0 atom stereocenters. The van der Waals surface area contributed by atoms with Crippen molar-refractivity contribution in [2.45, 2.75) is 39.2 Å². The Hall–Kier alpha value is -0.770. The highest BCUT2D eigenvalue weighted by Crippen LogP contribution is 2.20. The molecular weight excluding hydrogens is 204 g/mol. The van der Waals surface area contributed by atoms with E-state index in [1.54, 1.807) is 0 Å². The van der Waals surface area contributed by atoms with Crippen LogP contribution in [0.1, 0.15) is 33.6 Å². The quantitative estimate of drug-likeness (QED) is 0.801. The normalized spacial score (nSPS) is 20.8. The second-order valence-electron chi connectivity index (χ2n) is 5.48. The summed E-state index contributed by atoms with van der Waals surface area (Å²) in [5, 5.41) is 2.98. The van der Waals surface area contributed by atoms with E-state index in [-0.39, 0.29) is 11.6 Å². The number of amides is 1. The number of hydrogen-bond donors (Lipinski definition) is 1. The Morgan fingerprint density at radius 3 is 2.50 bits per heavy atom. The van der Waals surface area contributed by atoms with E-state index in [4.69, 9.17) is 4.74 Å². The topological polar surface area (TPSA) is 41.6 Å². The molecule has 0 aliphatic carbocycles. The van der Waals surface area contributed by atoms with Crippen LogP contribution in [0.25, 0.3) is 0 Å². The minimum absolute atomic E-state index is 0.0967. The van der Waals surface area contributed by atoms with Crippen molar-refractivity contribution in [3.8, 4) is 0 Å². The number of ether oxygens (including phenoxy) is 1. The van der Waals surface area contributed by atoms with Gasteiger partial charge in [-0.2, -0.15) is 0 Å². The number of piperidine rings is 1. The third-order valence-electron chi connectivity index (χ3n) is 3.04. The van der Waals surface area contributed by atoms with E-state index in [1.807, 2.05) is 13.8 Å². The number of carbonyl (C=O) groups is 1. The number of rotatable bonds is 3. The third-order valence-corrected chi connectivity index (χ3v) is 3.04. The average Bonchev–Trinajstić information content (AvgIpc) is 2.20. The minimum atomic E-state index is -0.277. The molecule has 0 saturated carbocycles. The molecule has 94 valence electrons. The highest BCUT2D eigenvalue weighted by Gasteiger charge is 2.30. The Kier molecular flexibility index (Phi) is 4.59. The van der Waals surface area contributed by atoms with Gasteiger partial charge in [0.1, 0.15) is 0 Å². The maximum atomic E-state index is 11.6. The zero-order valence-electron chi connectivity index (χ0n) is 10.9. The van der Waals surface area contributed by atoms with Crippen molar-refractivity contribution in [2.75, 3.05) is 26.7 Å². The van der Waals surface area contributed by atoms with Crippen molar-refractivity contribution >= 4 is 6.09 Å². The lowest BCUT2D eigenvalue weighted by Gasteiger charge is -2.38. The standard InChI is InChI=1S/C12H24N2O2/c1-10(2)9-16-11(15)13-12(3)5-7-14(4)8-6-12/h10H,5-9H2,1-4H3,(H,13,15). The van der Waals surface area contributed by atoms with Crippen LogP contribution >= 0.6 is 0 Å². The molecule has 0 aromatic carbocycles. The van der Waals surface area contributed by atoms with Crippen LogP contribution in [0.4, 0.5) is 4.79 Å². The Labute approximate surface area is 98.3 Å². The molecule has 16 heavy (non-hydrogen) atoms. The van der Waals surface area contributed by atoms with E-state index in [1.165, 1.54) is 0 Å². The summed E-state index contributed by atoms with van der Waals surface area (Å²) >= 11 is 0. The number of carbonyl (C=O) groups excluding carboxylic acids is 1. The highest BCUT2D eigenvalue weighted by molar-refractivity contribution is 5.68. The van der Waals surface area contributed by atoms with Gasteiger partial charge in [-0.1, -0.05) is 13.8 Å². The molecule has 0 spiro atoms. The summed E-state index contributed by atoms with van der Waals surface area (Å²) in [6.45, 7) is 8.70. The van der Waals surface area contributed by atoms with E-state index in [0.29, 0.717) is 12.5 Å². The first kappa shape index (κ1) is 13.3. The van der Waals surface area contributed by atoms with Gasteiger partial charge in [0.15, 0.2) is 0 Å². The Morgan fingerprint density at radius 1 is 1.44 bits per heavy atom. The molecule has 0 aromatic rings. The van der Waals surface area contributed by atoms with E-state index >= 15 is 0 Å². The zero-order chi connectivity index (χ0) is 12.2. The van der Waals surface area contributed by atoms with Crippen LogP contribution in [-0.4, -0.2) is 43.3 Å². The lowest BCUT2D eigenvalue weighted by molar-refractivity contribution is 0.107. The van der Waals surface area contributed by atoms with Gasteiger partial charge in [-0.15, -0.1) is 0 Å². The maximum absolute atomic E-state index is 11.6. The molecule has 1 heterocycles. The van der Waals surface area contributed by atoms with Crippen LogP contribution < -0.4 is 5.32 Å². The first-order valence-corrected chi connectivity index (χ1v) is 6.05. The van der Waals surface area contributed by atoms with Gasteiger partial charge < -0.3 is 15.0 Å². The van der Waals surface area contributed by atoms with Crippen molar-refractivity contribution in [1.82, 2.24) is 10.2 Å². The van der Waals surface area contributed by atoms with Crippen LogP contribution in [0.2, 0.25) is 0 Å². The fourth-order valence-corrected chi connectivity index (χ4v) is 1.76. The van der Waals surface area contributed by atoms with Crippen molar-refractivity contribution in [1.29, 1.82) is 0 Å². The summed E-state index contributed by atoms with van der Waals surface area (Å²) in [7, 11) is 2.11. The van der Waals surface area contributed by atoms with E-state index in [2.05, 4.69) is 24.2 Å². The van der Waals surface area contributed by atoms with Crippen LogP contribution in [0.15, 0.2) is 0 Å². The van der Waals surface area contributed by atoms with E-state index in [0.717, 1.165) is 25.9 Å². The summed E-state index contributed by atoms with van der Waals surface area (Å²) in [6.07, 6.45) is 1.70. The molecule has 1 N–H and O–H groups in total. The van der Waals surface area contributed by atoms with Crippen LogP contribution in [0, 0.1) is 5.92 Å². The number of hydrogen-bond acceptors (Lipinski definition) is 3. The fraction of sp³-hybridized carbons (Fsp3) is 0.917. The Morgan fingerprint density at radius 2 is 2.00 bits per heavy atom. The Balaban J connectivity index is 2.32. The van der Waals surface area contributed by atoms with Gasteiger partial charge in [-0.25, -0.2) is 4.79 Å². The molecule has 1 amide bonds. The molecule has 1 aliphatic heterocycles. The monoisotopic (exact) mass is 228 g/mol. The molecule has 1 fully saturated rings. The lowest BCUT2D eigenvalue weighted by atomic mass is 9.90. The zero-order valence-corrected chi connectivity index (χ0v) is 10.9. The number of nitrogens with zero attached hydrogens (tertiary/aromatic N) is 1. The molecular formula is C12H24N2O2. The first-order valence-electron chi connectivity index (χ1n) is 6.05. The number of nitrogens with one attached hydrogen (secondary N) is 1. The predicted octanol–water partition coefficient (Wildman–Crippen LogP) is 1.85. The lowest BCUT2D eigenvalue weighted by Crippen LogP contribution is -2.52. The average molecular weight is 228 g/mol. The van der Waals surface area contributed by atoms with Crippen molar-refractivity contribution in [2.24, 2.45) is 5.92 Å². The number of alkyl carbamates (subject to hydrolysis) is 1. The molecule has 0 bridgehead atoms. The second-order valence-corrected chi connectivity index (χ2v) is 5.48. The van der Waals surface area contributed by atoms with E-state index < -0.39 is 0 Å². The molecule has 4 nitrogen and oxygen atoms in total. The van der Waals surface area contributed by atoms with Gasteiger partial charge in [-0.3, -0.25) is 0 Å². The summed E-state index contributed by atoms with van der Waals surface area (Å²) in [4.78, 5) is 13.8. The summed E-state index contributed by atoms with van der Waals surface area (Å²) < 4.78 is 5.13. The third kappa shape index (κ3) is 4.39. The summed E-state index contributed by atoms with van der Waals surface area (Å²) in [5.41, 5.74) is -0.0967. The molecule has 1 aliphatic rings. The number of likely N-dealkylation sites (tertiary alicyclic amines) is 1. The molecule has 0 radical (unpaired) electrons. The molecule has 0 unspecified atom stereocenters. The van der Waals surface area contributed by atoms with Crippen LogP contribution in [0.5, 0.6) is 0 Å². The predicted molar refractivity (Wildman–Crippen MR) is 64.5 cm³/mol. The van der Waals surface area contributed by atoms with Crippen LogP contribution in [-0.2, 0) is 4.74 Å². The minimum Gasteiger partial charge on any atom is -0.449 e. The van der Waals surface area contributed by atoms with Gasteiger partial charge in [0.25, 0.3) is 0 Å². The highest BCUT2D eigenvalue weighted by atomic mass is 16.5. The van der Waals surface area contributed by atoms with Crippen LogP contribution in [0.3, 0.4) is 0 Å². The smallest absolute Gasteiger partial charge is 0.407 e. The second kappa shape index (κ2) is 5.53. The molecule has 4 heteroatoms. The van der Waals surface area contributed by atoms with Crippen molar-refractivity contribution < 1.29 is 9.53 Å². The largest absolute Gasteiger partial charge is 0.449 e. The molecule has 0 aromatic heterocycles. The van der Waals surface area contributed by atoms with E-state index in [9.17, 15) is 4.79 Å². The molecule has 1 saturated heterocycles. The SMILES string of the molecule is CC(C)COC(=O)NC1(C)CCN(C)CC1. The summed E-state index contributed by atoms with van der Waals surface area (Å²) in [6, 6.07) is 0. The fourth-order valence-electron chi connectivity index (χ4n) is 1.76. The van der Waals surface area contributed by atoms with Gasteiger partial charge in [0, 0.05) is 18.6 Å². The Bertz CT molecular complexity index is 233. The van der Waals surface area contributed by atoms with Gasteiger partial charge in [-0.05, 0) is 32.7 Å². The first-order chi connectivity index (χ1) is 7.41.